The van der Waals surface area contributed by atoms with Crippen molar-refractivity contribution in [2.45, 2.75) is 20.5 Å². The zero-order valence-corrected chi connectivity index (χ0v) is 21.4. The van der Waals surface area contributed by atoms with E-state index in [9.17, 15) is 4.79 Å². The van der Waals surface area contributed by atoms with Gasteiger partial charge in [0.15, 0.2) is 6.61 Å². The molecule has 6 nitrogen and oxygen atoms in total. The zero-order chi connectivity index (χ0) is 25.5. The van der Waals surface area contributed by atoms with Gasteiger partial charge in [0.1, 0.15) is 18.1 Å². The van der Waals surface area contributed by atoms with E-state index in [1.807, 2.05) is 68.4 Å². The molecule has 0 unspecified atom stereocenters. The maximum Gasteiger partial charge on any atom is 0.277 e. The third kappa shape index (κ3) is 6.47. The minimum absolute atomic E-state index is 0.188. The Kier molecular flexibility index (Phi) is 8.31. The predicted octanol–water partition coefficient (Wildman–Crippen LogP) is 6.51. The lowest BCUT2D eigenvalue weighted by Gasteiger charge is -2.11. The highest BCUT2D eigenvalue weighted by Crippen LogP contribution is 2.24. The third-order valence-corrected chi connectivity index (χ3v) is 6.04. The molecule has 1 aromatic heterocycles. The molecule has 0 aliphatic carbocycles. The van der Waals surface area contributed by atoms with Crippen LogP contribution in [0.1, 0.15) is 22.5 Å². The van der Waals surface area contributed by atoms with E-state index in [4.69, 9.17) is 32.7 Å². The number of carbonyl (C=O) groups excluding carboxylic acids is 1. The lowest BCUT2D eigenvalue weighted by molar-refractivity contribution is -0.123. The Labute approximate surface area is 220 Å². The van der Waals surface area contributed by atoms with Crippen LogP contribution in [0.3, 0.4) is 0 Å². The molecule has 0 fully saturated rings. The summed E-state index contributed by atoms with van der Waals surface area (Å²) in [6, 6.07) is 24.5. The number of hydrogen-bond acceptors (Lipinski definition) is 4. The number of aryl methyl sites for hydroxylation is 1. The van der Waals surface area contributed by atoms with Crippen molar-refractivity contribution in [2.75, 3.05) is 6.61 Å². The molecule has 0 bridgehead atoms. The maximum atomic E-state index is 12.1. The second-order valence-corrected chi connectivity index (χ2v) is 8.93. The molecule has 0 atom stereocenters. The smallest absolute Gasteiger partial charge is 0.277 e. The van der Waals surface area contributed by atoms with Gasteiger partial charge in [-0.15, -0.1) is 0 Å². The standard InChI is InChI=1S/C28H25Cl2N3O3/c1-19-15-22(16-31-32-28(34)18-36-27-6-4-3-5-26(27)30)20(2)33(19)24-11-13-25(14-12-24)35-17-21-7-9-23(29)10-8-21/h3-16H,17-18H2,1-2H3,(H,32,34)/b31-16-. The fraction of sp³-hybridized carbons (Fsp3) is 0.143. The lowest BCUT2D eigenvalue weighted by Crippen LogP contribution is -2.24. The third-order valence-electron chi connectivity index (χ3n) is 5.47. The number of para-hydroxylation sites is 1. The number of halogens is 2. The highest BCUT2D eigenvalue weighted by Gasteiger charge is 2.10. The second-order valence-electron chi connectivity index (χ2n) is 8.08. The Balaban J connectivity index is 1.35. The Morgan fingerprint density at radius 3 is 2.42 bits per heavy atom. The van der Waals surface area contributed by atoms with E-state index in [1.165, 1.54) is 0 Å². The Morgan fingerprint density at radius 1 is 0.972 bits per heavy atom. The van der Waals surface area contributed by atoms with Gasteiger partial charge in [-0.3, -0.25) is 4.79 Å². The van der Waals surface area contributed by atoms with Crippen LogP contribution in [-0.2, 0) is 11.4 Å². The van der Waals surface area contributed by atoms with Gasteiger partial charge in [-0.25, -0.2) is 5.43 Å². The average molecular weight is 522 g/mol. The van der Waals surface area contributed by atoms with Crippen LogP contribution >= 0.6 is 23.2 Å². The molecule has 0 saturated carbocycles. The summed E-state index contributed by atoms with van der Waals surface area (Å²) in [7, 11) is 0. The van der Waals surface area contributed by atoms with Gasteiger partial charge in [-0.1, -0.05) is 47.5 Å². The fourth-order valence-electron chi connectivity index (χ4n) is 3.67. The van der Waals surface area contributed by atoms with E-state index in [-0.39, 0.29) is 12.5 Å². The van der Waals surface area contributed by atoms with Crippen molar-refractivity contribution < 1.29 is 14.3 Å². The van der Waals surface area contributed by atoms with Crippen molar-refractivity contribution in [3.05, 3.63) is 111 Å². The number of hydrogen-bond donors (Lipinski definition) is 1. The van der Waals surface area contributed by atoms with Crippen LogP contribution in [0, 0.1) is 13.8 Å². The lowest BCUT2D eigenvalue weighted by atomic mass is 10.2. The largest absolute Gasteiger partial charge is 0.489 e. The van der Waals surface area contributed by atoms with Crippen molar-refractivity contribution in [1.82, 2.24) is 9.99 Å². The van der Waals surface area contributed by atoms with E-state index >= 15 is 0 Å². The first-order valence-electron chi connectivity index (χ1n) is 11.3. The van der Waals surface area contributed by atoms with Gasteiger partial charge >= 0.3 is 0 Å². The summed E-state index contributed by atoms with van der Waals surface area (Å²) in [6.45, 7) is 4.30. The van der Waals surface area contributed by atoms with Gasteiger partial charge in [-0.05, 0) is 74.0 Å². The van der Waals surface area contributed by atoms with Gasteiger partial charge < -0.3 is 14.0 Å². The molecule has 4 aromatic rings. The summed E-state index contributed by atoms with van der Waals surface area (Å²) >= 11 is 12.0. The average Bonchev–Trinajstić information content (AvgIpc) is 3.16. The summed E-state index contributed by atoms with van der Waals surface area (Å²) in [5.74, 6) is 0.845. The zero-order valence-electron chi connectivity index (χ0n) is 19.9. The molecule has 36 heavy (non-hydrogen) atoms. The number of benzene rings is 3. The molecule has 3 aromatic carbocycles. The number of rotatable bonds is 9. The number of amides is 1. The molecule has 1 N–H and O–H groups in total. The molecule has 0 aliphatic heterocycles. The number of carbonyl (C=O) groups is 1. The van der Waals surface area contributed by atoms with Gasteiger partial charge in [-0.2, -0.15) is 5.10 Å². The second kappa shape index (κ2) is 11.8. The quantitative estimate of drug-likeness (QED) is 0.201. The fourth-order valence-corrected chi connectivity index (χ4v) is 3.98. The minimum Gasteiger partial charge on any atom is -0.489 e. The monoisotopic (exact) mass is 521 g/mol. The first-order chi connectivity index (χ1) is 17.4. The Bertz CT molecular complexity index is 1360. The Hall–Kier alpha value is -3.74. The normalized spacial score (nSPS) is 11.0. The van der Waals surface area contributed by atoms with Crippen LogP contribution in [0.4, 0.5) is 0 Å². The number of ether oxygens (including phenoxy) is 2. The van der Waals surface area contributed by atoms with Crippen LogP contribution in [-0.4, -0.2) is 23.3 Å². The van der Waals surface area contributed by atoms with Crippen LogP contribution in [0.25, 0.3) is 5.69 Å². The highest BCUT2D eigenvalue weighted by molar-refractivity contribution is 6.32. The summed E-state index contributed by atoms with van der Waals surface area (Å²) < 4.78 is 13.4. The van der Waals surface area contributed by atoms with E-state index in [0.717, 1.165) is 34.0 Å². The van der Waals surface area contributed by atoms with E-state index in [2.05, 4.69) is 15.1 Å². The SMILES string of the molecule is Cc1cc(/C=N\NC(=O)COc2ccccc2Cl)c(C)n1-c1ccc(OCc2ccc(Cl)cc2)cc1. The summed E-state index contributed by atoms with van der Waals surface area (Å²) in [4.78, 5) is 12.1. The molecule has 0 saturated heterocycles. The molecule has 1 amide bonds. The molecule has 0 spiro atoms. The molecule has 1 heterocycles. The molecule has 8 heteroatoms. The van der Waals surface area contributed by atoms with Crippen molar-refractivity contribution in [2.24, 2.45) is 5.10 Å². The Morgan fingerprint density at radius 2 is 1.69 bits per heavy atom. The topological polar surface area (TPSA) is 64.8 Å². The van der Waals surface area contributed by atoms with Gasteiger partial charge in [0.2, 0.25) is 0 Å². The summed E-state index contributed by atoms with van der Waals surface area (Å²) in [5.41, 5.74) is 7.46. The van der Waals surface area contributed by atoms with Crippen molar-refractivity contribution in [3.8, 4) is 17.2 Å². The molecule has 0 aliphatic rings. The van der Waals surface area contributed by atoms with Crippen LogP contribution in [0.2, 0.25) is 10.0 Å². The molecule has 184 valence electrons. The first kappa shape index (κ1) is 25.4. The first-order valence-corrected chi connectivity index (χ1v) is 12.0. The number of hydrazone groups is 1. The molecule has 0 radical (unpaired) electrons. The van der Waals surface area contributed by atoms with Crippen molar-refractivity contribution in [1.29, 1.82) is 0 Å². The van der Waals surface area contributed by atoms with Crippen molar-refractivity contribution >= 4 is 35.3 Å². The molecular weight excluding hydrogens is 497 g/mol. The van der Waals surface area contributed by atoms with Crippen LogP contribution in [0.15, 0.2) is 84.0 Å². The van der Waals surface area contributed by atoms with E-state index < -0.39 is 0 Å². The number of nitrogens with one attached hydrogen (secondary N) is 1. The predicted molar refractivity (Wildman–Crippen MR) is 144 cm³/mol. The maximum absolute atomic E-state index is 12.1. The van der Waals surface area contributed by atoms with E-state index in [1.54, 1.807) is 30.5 Å². The highest BCUT2D eigenvalue weighted by atomic mass is 35.5. The number of nitrogens with zero attached hydrogens (tertiary/aromatic N) is 2. The van der Waals surface area contributed by atoms with Gasteiger partial charge in [0.05, 0.1) is 11.2 Å². The minimum atomic E-state index is -0.380. The number of aromatic nitrogens is 1. The van der Waals surface area contributed by atoms with Crippen LogP contribution in [0.5, 0.6) is 11.5 Å². The molecule has 4 rings (SSSR count). The summed E-state index contributed by atoms with van der Waals surface area (Å²) in [5, 5.41) is 5.23. The van der Waals surface area contributed by atoms with Gasteiger partial charge in [0, 0.05) is 27.7 Å². The molecular formula is C28H25Cl2N3O3. The van der Waals surface area contributed by atoms with E-state index in [0.29, 0.717) is 22.4 Å². The van der Waals surface area contributed by atoms with Gasteiger partial charge in [0.25, 0.3) is 5.91 Å². The summed E-state index contributed by atoms with van der Waals surface area (Å²) in [6.07, 6.45) is 1.62. The van der Waals surface area contributed by atoms with Crippen LogP contribution < -0.4 is 14.9 Å². The van der Waals surface area contributed by atoms with Crippen molar-refractivity contribution in [3.63, 3.8) is 0 Å².